The van der Waals surface area contributed by atoms with Crippen molar-refractivity contribution in [1.29, 1.82) is 0 Å². The molecule has 1 rings (SSSR count). The number of aromatic hydroxyl groups is 1. The third-order valence-electron chi connectivity index (χ3n) is 3.31. The molecule has 2 N–H and O–H groups in total. The van der Waals surface area contributed by atoms with E-state index < -0.39 is 0 Å². The number of amides is 1. The van der Waals surface area contributed by atoms with E-state index in [2.05, 4.69) is 26.1 Å². The summed E-state index contributed by atoms with van der Waals surface area (Å²) in [6.45, 7) is 11.6. The molecule has 0 aliphatic carbocycles. The van der Waals surface area contributed by atoms with Crippen LogP contribution in [-0.4, -0.2) is 18.1 Å². The standard InChI is InChI=1S/C11H16O.C3H7NO/c1-6-7(2)9(4)11(12)10(5)8(6)3;1-3(5)4-2/h12H,1-5H3;1-2H3,(H,4,5). The molecule has 1 aromatic carbocycles. The van der Waals surface area contributed by atoms with Gasteiger partial charge < -0.3 is 10.4 Å². The van der Waals surface area contributed by atoms with Crippen LogP contribution in [0.1, 0.15) is 34.7 Å². The zero-order valence-electron chi connectivity index (χ0n) is 11.9. The number of benzene rings is 1. The smallest absolute Gasteiger partial charge is 0.216 e. The molecular weight excluding hydrogens is 214 g/mol. The first-order valence-corrected chi connectivity index (χ1v) is 5.68. The first-order valence-electron chi connectivity index (χ1n) is 5.68. The Morgan fingerprint density at radius 3 is 1.35 bits per heavy atom. The highest BCUT2D eigenvalue weighted by atomic mass is 16.3. The SMILES string of the molecule is CNC(C)=O.Cc1c(C)c(C)c(O)c(C)c1C. The third kappa shape index (κ3) is 3.77. The summed E-state index contributed by atoms with van der Waals surface area (Å²) < 4.78 is 0. The van der Waals surface area contributed by atoms with E-state index in [0.29, 0.717) is 5.75 Å². The monoisotopic (exact) mass is 237 g/mol. The molecule has 0 aliphatic rings. The van der Waals surface area contributed by atoms with Gasteiger partial charge in [-0.1, -0.05) is 0 Å². The molecule has 0 spiro atoms. The first kappa shape index (κ1) is 15.5. The molecule has 0 aromatic heterocycles. The van der Waals surface area contributed by atoms with Gasteiger partial charge in [-0.2, -0.15) is 0 Å². The van der Waals surface area contributed by atoms with Crippen molar-refractivity contribution in [3.05, 3.63) is 27.8 Å². The minimum atomic E-state index is 0.00463. The van der Waals surface area contributed by atoms with Crippen LogP contribution in [0.3, 0.4) is 0 Å². The zero-order valence-corrected chi connectivity index (χ0v) is 11.9. The van der Waals surface area contributed by atoms with Crippen molar-refractivity contribution < 1.29 is 9.90 Å². The summed E-state index contributed by atoms with van der Waals surface area (Å²) >= 11 is 0. The molecule has 17 heavy (non-hydrogen) atoms. The lowest BCUT2D eigenvalue weighted by Crippen LogP contribution is -2.11. The van der Waals surface area contributed by atoms with Crippen LogP contribution in [0.25, 0.3) is 0 Å². The second-order valence-electron chi connectivity index (χ2n) is 4.28. The molecule has 3 heteroatoms. The summed E-state index contributed by atoms with van der Waals surface area (Å²) in [7, 11) is 1.60. The fraction of sp³-hybridized carbons (Fsp3) is 0.500. The van der Waals surface area contributed by atoms with Crippen molar-refractivity contribution in [2.24, 2.45) is 0 Å². The summed E-state index contributed by atoms with van der Waals surface area (Å²) in [5.41, 5.74) is 5.72. The molecule has 0 saturated carbocycles. The molecule has 1 amide bonds. The summed E-state index contributed by atoms with van der Waals surface area (Å²) in [6.07, 6.45) is 0. The molecule has 0 saturated heterocycles. The van der Waals surface area contributed by atoms with E-state index in [9.17, 15) is 9.90 Å². The van der Waals surface area contributed by atoms with Crippen LogP contribution in [0.15, 0.2) is 0 Å². The van der Waals surface area contributed by atoms with Crippen LogP contribution >= 0.6 is 0 Å². The fourth-order valence-electron chi connectivity index (χ4n) is 1.48. The molecule has 1 aromatic rings. The van der Waals surface area contributed by atoms with Gasteiger partial charge in [-0.15, -0.1) is 0 Å². The van der Waals surface area contributed by atoms with Crippen molar-refractivity contribution in [2.75, 3.05) is 7.05 Å². The topological polar surface area (TPSA) is 49.3 Å². The van der Waals surface area contributed by atoms with Gasteiger partial charge >= 0.3 is 0 Å². The lowest BCUT2D eigenvalue weighted by Gasteiger charge is -2.13. The number of carbonyl (C=O) groups excluding carboxylic acids is 1. The minimum Gasteiger partial charge on any atom is -0.507 e. The maximum absolute atomic E-state index is 9.70. The van der Waals surface area contributed by atoms with Gasteiger partial charge in [0.15, 0.2) is 0 Å². The predicted molar refractivity (Wildman–Crippen MR) is 71.5 cm³/mol. The van der Waals surface area contributed by atoms with Crippen molar-refractivity contribution >= 4 is 5.91 Å². The van der Waals surface area contributed by atoms with Crippen molar-refractivity contribution in [3.8, 4) is 5.75 Å². The van der Waals surface area contributed by atoms with Gasteiger partial charge in [0.2, 0.25) is 5.91 Å². The average Bonchev–Trinajstić information content (AvgIpc) is 2.32. The van der Waals surface area contributed by atoms with Gasteiger partial charge in [-0.05, 0) is 62.4 Å². The van der Waals surface area contributed by atoms with E-state index in [-0.39, 0.29) is 5.91 Å². The van der Waals surface area contributed by atoms with Gasteiger partial charge in [0.1, 0.15) is 5.75 Å². The Bertz CT molecular complexity index is 318. The lowest BCUT2D eigenvalue weighted by molar-refractivity contribution is -0.118. The number of nitrogens with one attached hydrogen (secondary N) is 1. The van der Waals surface area contributed by atoms with Crippen molar-refractivity contribution in [2.45, 2.75) is 41.5 Å². The van der Waals surface area contributed by atoms with E-state index >= 15 is 0 Å². The number of hydrogen-bond donors (Lipinski definition) is 2. The summed E-state index contributed by atoms with van der Waals surface area (Å²) in [5.74, 6) is 0.459. The van der Waals surface area contributed by atoms with Crippen LogP contribution in [0.5, 0.6) is 5.75 Å². The van der Waals surface area contributed by atoms with E-state index in [4.69, 9.17) is 0 Å². The maximum Gasteiger partial charge on any atom is 0.216 e. The number of carbonyl (C=O) groups is 1. The normalized spacial score (nSPS) is 9.35. The Balaban J connectivity index is 0.000000437. The Labute approximate surface area is 104 Å². The quantitative estimate of drug-likeness (QED) is 0.729. The minimum absolute atomic E-state index is 0.00463. The predicted octanol–water partition coefficient (Wildman–Crippen LogP) is 2.69. The van der Waals surface area contributed by atoms with E-state index in [0.717, 1.165) is 11.1 Å². The summed E-state index contributed by atoms with van der Waals surface area (Å²) in [4.78, 5) is 9.70. The summed E-state index contributed by atoms with van der Waals surface area (Å²) in [6, 6.07) is 0. The highest BCUT2D eigenvalue weighted by Crippen LogP contribution is 2.30. The number of phenolic OH excluding ortho intramolecular Hbond substituents is 1. The van der Waals surface area contributed by atoms with Gasteiger partial charge in [0.25, 0.3) is 0 Å². The van der Waals surface area contributed by atoms with E-state index in [1.54, 1.807) is 7.05 Å². The Morgan fingerprint density at radius 2 is 1.12 bits per heavy atom. The number of rotatable bonds is 0. The average molecular weight is 237 g/mol. The maximum atomic E-state index is 9.70. The van der Waals surface area contributed by atoms with Crippen molar-refractivity contribution in [1.82, 2.24) is 5.32 Å². The highest BCUT2D eigenvalue weighted by Gasteiger charge is 2.09. The van der Waals surface area contributed by atoms with Gasteiger partial charge in [0, 0.05) is 14.0 Å². The van der Waals surface area contributed by atoms with Crippen LogP contribution in [-0.2, 0) is 4.79 Å². The molecule has 0 unspecified atom stereocenters. The van der Waals surface area contributed by atoms with Gasteiger partial charge in [-0.25, -0.2) is 0 Å². The molecule has 0 aliphatic heterocycles. The van der Waals surface area contributed by atoms with Crippen LogP contribution in [0.2, 0.25) is 0 Å². The van der Waals surface area contributed by atoms with E-state index in [1.165, 1.54) is 23.6 Å². The Kier molecular flexibility index (Phi) is 5.72. The fourth-order valence-corrected chi connectivity index (χ4v) is 1.48. The highest BCUT2D eigenvalue weighted by molar-refractivity contribution is 5.72. The zero-order chi connectivity index (χ0) is 13.7. The van der Waals surface area contributed by atoms with Crippen LogP contribution in [0.4, 0.5) is 0 Å². The number of hydrogen-bond acceptors (Lipinski definition) is 2. The van der Waals surface area contributed by atoms with Crippen LogP contribution < -0.4 is 5.32 Å². The summed E-state index contributed by atoms with van der Waals surface area (Å²) in [5, 5.41) is 12.1. The van der Waals surface area contributed by atoms with E-state index in [1.807, 2.05) is 13.8 Å². The number of phenols is 1. The van der Waals surface area contributed by atoms with Crippen LogP contribution in [0, 0.1) is 34.6 Å². The Hall–Kier alpha value is -1.51. The molecule has 3 nitrogen and oxygen atoms in total. The molecule has 0 atom stereocenters. The van der Waals surface area contributed by atoms with Gasteiger partial charge in [-0.3, -0.25) is 4.79 Å². The molecular formula is C14H23NO2. The first-order chi connectivity index (χ1) is 7.73. The second-order valence-corrected chi connectivity index (χ2v) is 4.28. The van der Waals surface area contributed by atoms with Gasteiger partial charge in [0.05, 0.1) is 0 Å². The molecule has 96 valence electrons. The molecule has 0 bridgehead atoms. The molecule has 0 radical (unpaired) electrons. The Morgan fingerprint density at radius 1 is 0.882 bits per heavy atom. The van der Waals surface area contributed by atoms with Crippen molar-refractivity contribution in [3.63, 3.8) is 0 Å². The largest absolute Gasteiger partial charge is 0.507 e. The second kappa shape index (κ2) is 6.28. The molecule has 0 fully saturated rings. The lowest BCUT2D eigenvalue weighted by atomic mass is 9.94. The molecule has 0 heterocycles. The third-order valence-corrected chi connectivity index (χ3v) is 3.31.